The minimum atomic E-state index is -0.905. The van der Waals surface area contributed by atoms with Crippen molar-refractivity contribution >= 4 is 121 Å². The SMILES string of the molecule is C.C.COC(=O)c1ccc2cc(-c3ccc(Cn4cnc5ccccc54)cc3)ccc2c1.COc1ccc2cc(-c3ccc(Cn4cnc5ccccc54)cc3)ccc2c1.N#Cc1ccc2cc(-c3ccc(Cn4cnc5ccccc54)cc3)ccc2c1.O=C(O)c1ccc2cc(-c3ccc(Cn4cnc5ccccc54)cc3)ccc2c1.Oc1ccc2cc(-c3ccc(Cn4cnc5ccccc54)cc3)ccc2c1. The number of hydrogen-bond acceptors (Lipinski definition) is 11. The normalized spacial score (nSPS) is 11.0. The number of nitriles is 1. The number of rotatable bonds is 18. The summed E-state index contributed by atoms with van der Waals surface area (Å²) in [6.45, 7) is 3.98. The highest BCUT2D eigenvalue weighted by Gasteiger charge is 2.16. The lowest BCUT2D eigenvalue weighted by molar-refractivity contribution is 0.0600. The molecule has 25 rings (SSSR count). The monoisotopic (exact) mass is 1880 g/mol. The smallest absolute Gasteiger partial charge is 0.337 e. The lowest BCUT2D eigenvalue weighted by Crippen LogP contribution is -2.00. The number of phenols is 1. The molecule has 0 radical (unpaired) electrons. The Labute approximate surface area is 833 Å². The van der Waals surface area contributed by atoms with E-state index in [4.69, 9.17) is 19.8 Å². The Hall–Kier alpha value is -18.9. The number of carbonyl (C=O) groups is 2. The van der Waals surface area contributed by atoms with Gasteiger partial charge in [0.2, 0.25) is 0 Å². The number of ether oxygens (including phenoxy) is 2. The van der Waals surface area contributed by atoms with E-state index >= 15 is 0 Å². The maximum atomic E-state index is 11.7. The first-order valence-electron chi connectivity index (χ1n) is 46.8. The Bertz CT molecular complexity index is 9000. The molecule has 700 valence electrons. The van der Waals surface area contributed by atoms with E-state index < -0.39 is 5.97 Å². The number of benzene rings is 20. The molecule has 17 heteroatoms. The van der Waals surface area contributed by atoms with Crippen LogP contribution in [0.4, 0.5) is 0 Å². The van der Waals surface area contributed by atoms with Gasteiger partial charge in [-0.05, 0) is 289 Å². The van der Waals surface area contributed by atoms with Crippen molar-refractivity contribution in [2.45, 2.75) is 47.6 Å². The molecule has 0 saturated carbocycles. The number of carboxylic acids is 1. The standard InChI is InChI=1S/C26H20N2O2.C25H17N3.C25H18N2O2.C25H20N2O.C24H18N2O.2CH4/c1-30-26(29)23-13-12-21-14-20(10-11-22(21)15-23)19-8-6-18(7-9-19)16-28-17-27-24-4-2-3-5-25(24)28;26-15-19-7-10-23-14-22(12-11-21(23)13-19)20-8-5-18(6-9-20)16-28-17-27-24-3-1-2-4-25(24)28;28-25(29)22-12-11-20-13-19(9-10-21(20)14-22)18-7-5-17(6-8-18)15-27-16-26-23-3-1-2-4-24(23)27;1-28-23-13-12-21-14-20(10-11-22(21)15-23)19-8-6-18(7-9-19)16-27-17-26-24-4-2-3-5-25(24)27;27-22-12-11-20-13-19(9-10-21(20)14-22)18-7-5-17(6-8-18)15-26-16-25-23-3-1-2-4-24(23)26;;/h2-15,17H,16H2,1H3;1-14,17H,16H2;1-14,16H,15H2,(H,28,29);2-15,17H,16H2,1H3;1-14,16,27H,15H2;2*1H4. The lowest BCUT2D eigenvalue weighted by Gasteiger charge is -2.08. The van der Waals surface area contributed by atoms with Crippen LogP contribution in [0.1, 0.15) is 68.9 Å². The van der Waals surface area contributed by atoms with Crippen molar-refractivity contribution in [1.82, 2.24) is 47.8 Å². The molecule has 144 heavy (non-hydrogen) atoms. The zero-order valence-corrected chi connectivity index (χ0v) is 77.8. The van der Waals surface area contributed by atoms with Crippen molar-refractivity contribution < 1.29 is 29.3 Å². The summed E-state index contributed by atoms with van der Waals surface area (Å²) < 4.78 is 21.0. The molecule has 0 aliphatic heterocycles. The molecule has 0 spiro atoms. The number of para-hydroxylation sites is 10. The molecule has 0 aliphatic carbocycles. The van der Waals surface area contributed by atoms with Crippen LogP contribution in [-0.4, -0.2) is 84.1 Å². The molecule has 0 amide bonds. The molecular weight excluding hydrogens is 1780 g/mol. The van der Waals surface area contributed by atoms with Gasteiger partial charge in [0.1, 0.15) is 11.5 Å². The molecule has 0 bridgehead atoms. The van der Waals surface area contributed by atoms with Gasteiger partial charge in [-0.25, -0.2) is 34.5 Å². The van der Waals surface area contributed by atoms with Gasteiger partial charge in [-0.1, -0.05) is 288 Å². The number of aromatic hydroxyl groups is 1. The van der Waals surface area contributed by atoms with Gasteiger partial charge in [0, 0.05) is 32.7 Å². The summed E-state index contributed by atoms with van der Waals surface area (Å²) in [5, 5.41) is 38.7. The second-order valence-corrected chi connectivity index (χ2v) is 35.2. The summed E-state index contributed by atoms with van der Waals surface area (Å²) in [6.07, 6.45) is 9.49. The highest BCUT2D eigenvalue weighted by molar-refractivity contribution is 5.99. The fourth-order valence-corrected chi connectivity index (χ4v) is 18.3. The molecule has 0 fully saturated rings. The van der Waals surface area contributed by atoms with Crippen molar-refractivity contribution in [3.63, 3.8) is 0 Å². The zero-order valence-electron chi connectivity index (χ0n) is 77.8. The molecule has 0 saturated heterocycles. The Balaban J connectivity index is 0.000000114. The van der Waals surface area contributed by atoms with Crippen LogP contribution < -0.4 is 4.74 Å². The van der Waals surface area contributed by atoms with Crippen molar-refractivity contribution in [2.24, 2.45) is 0 Å². The zero-order chi connectivity index (χ0) is 96.4. The van der Waals surface area contributed by atoms with E-state index in [9.17, 15) is 14.7 Å². The Morgan fingerprint density at radius 2 is 0.514 bits per heavy atom. The van der Waals surface area contributed by atoms with Crippen LogP contribution in [-0.2, 0) is 37.5 Å². The number of carboxylic acid groups (broad SMARTS) is 1. The van der Waals surface area contributed by atoms with Crippen molar-refractivity contribution in [2.75, 3.05) is 14.2 Å². The van der Waals surface area contributed by atoms with Crippen LogP contribution in [0.15, 0.2) is 456 Å². The van der Waals surface area contributed by atoms with Crippen molar-refractivity contribution in [3.05, 3.63) is 501 Å². The Kier molecular flexibility index (Phi) is 27.8. The van der Waals surface area contributed by atoms with E-state index in [2.05, 4.69) is 296 Å². The van der Waals surface area contributed by atoms with Crippen LogP contribution in [0.3, 0.4) is 0 Å². The van der Waals surface area contributed by atoms with Crippen LogP contribution in [0.5, 0.6) is 11.5 Å². The minimum absolute atomic E-state index is 0. The summed E-state index contributed by atoms with van der Waals surface area (Å²) in [6, 6.07) is 146. The topological polar surface area (TPSA) is 206 Å². The number of fused-ring (bicyclic) bond motifs is 10. The summed E-state index contributed by atoms with van der Waals surface area (Å²) >= 11 is 0. The first-order chi connectivity index (χ1) is 69.7. The molecule has 5 heterocycles. The number of hydrogen-bond donors (Lipinski definition) is 2. The first-order valence-corrected chi connectivity index (χ1v) is 46.8. The third kappa shape index (κ3) is 21.1. The van der Waals surface area contributed by atoms with Gasteiger partial charge in [0.25, 0.3) is 0 Å². The quantitative estimate of drug-likeness (QED) is 0.0770. The number of imidazole rings is 5. The van der Waals surface area contributed by atoms with E-state index in [1.807, 2.05) is 183 Å². The second-order valence-electron chi connectivity index (χ2n) is 35.2. The molecule has 0 atom stereocenters. The molecule has 0 unspecified atom stereocenters. The van der Waals surface area contributed by atoms with E-state index in [1.54, 1.807) is 37.4 Å². The number of aromatic carboxylic acids is 1. The van der Waals surface area contributed by atoms with Gasteiger partial charge in [0.15, 0.2) is 0 Å². The molecule has 20 aromatic carbocycles. The number of methoxy groups -OCH3 is 2. The third-order valence-corrected chi connectivity index (χ3v) is 26.0. The Morgan fingerprint density at radius 3 is 0.812 bits per heavy atom. The lowest BCUT2D eigenvalue weighted by atomic mass is 9.99. The van der Waals surface area contributed by atoms with Gasteiger partial charge in [0.05, 0.1) is 124 Å². The van der Waals surface area contributed by atoms with Crippen LogP contribution in [0, 0.1) is 11.3 Å². The van der Waals surface area contributed by atoms with Crippen molar-refractivity contribution in [3.8, 4) is 73.2 Å². The largest absolute Gasteiger partial charge is 0.508 e. The molecule has 5 aromatic heterocycles. The number of aromatic nitrogens is 10. The third-order valence-electron chi connectivity index (χ3n) is 26.0. The van der Waals surface area contributed by atoms with Gasteiger partial charge in [-0.15, -0.1) is 0 Å². The summed E-state index contributed by atoms with van der Waals surface area (Å²) in [5.74, 6) is -0.0391. The van der Waals surface area contributed by atoms with E-state index in [-0.39, 0.29) is 20.8 Å². The number of carbonyl (C=O) groups excluding carboxylic acids is 1. The van der Waals surface area contributed by atoms with Gasteiger partial charge < -0.3 is 42.5 Å². The number of esters is 1. The number of phenolic OH excluding ortho intramolecular Hbond substituents is 1. The van der Waals surface area contributed by atoms with Crippen molar-refractivity contribution in [1.29, 1.82) is 5.26 Å². The first kappa shape index (κ1) is 94.1. The summed E-state index contributed by atoms with van der Waals surface area (Å²) in [7, 11) is 3.10. The number of nitrogens with zero attached hydrogens (tertiary/aromatic N) is 11. The predicted molar refractivity (Wildman–Crippen MR) is 586 cm³/mol. The van der Waals surface area contributed by atoms with E-state index in [1.165, 1.54) is 79.1 Å². The molecule has 25 aromatic rings. The molecule has 0 aliphatic rings. The maximum Gasteiger partial charge on any atom is 0.337 e. The molecular formula is C127H101N11O6. The van der Waals surface area contributed by atoms with Gasteiger partial charge in [-0.3, -0.25) is 0 Å². The fourth-order valence-electron chi connectivity index (χ4n) is 18.3. The maximum absolute atomic E-state index is 11.7. The predicted octanol–water partition coefficient (Wildman–Crippen LogP) is 29.9. The average Bonchev–Trinajstić information content (AvgIpc) is 1.65. The van der Waals surface area contributed by atoms with Gasteiger partial charge in [-0.2, -0.15) is 5.26 Å². The van der Waals surface area contributed by atoms with E-state index in [0.717, 1.165) is 159 Å². The van der Waals surface area contributed by atoms with E-state index in [0.29, 0.717) is 22.4 Å². The molecule has 17 nitrogen and oxygen atoms in total. The minimum Gasteiger partial charge on any atom is -0.508 e. The highest BCUT2D eigenvalue weighted by Crippen LogP contribution is 2.35. The summed E-state index contributed by atoms with van der Waals surface area (Å²) in [4.78, 5) is 45.2. The average molecular weight is 1880 g/mol. The fraction of sp³-hybridized carbons (Fsp3) is 0.0709. The second kappa shape index (κ2) is 42.6. The Morgan fingerprint density at radius 1 is 0.271 bits per heavy atom. The highest BCUT2D eigenvalue weighted by atomic mass is 16.5. The summed E-state index contributed by atoms with van der Waals surface area (Å²) in [5.41, 5.74) is 30.3. The van der Waals surface area contributed by atoms with Crippen LogP contribution in [0.2, 0.25) is 0 Å². The van der Waals surface area contributed by atoms with Gasteiger partial charge >= 0.3 is 11.9 Å². The van der Waals surface area contributed by atoms with Crippen LogP contribution >= 0.6 is 0 Å². The molecule has 2 N–H and O–H groups in total. The van der Waals surface area contributed by atoms with Crippen LogP contribution in [0.25, 0.3) is 165 Å².